The molecule has 1 aromatic rings. The molecule has 0 aliphatic heterocycles. The zero-order valence-corrected chi connectivity index (χ0v) is 8.63. The lowest BCUT2D eigenvalue weighted by Gasteiger charge is -1.90. The second-order valence-electron chi connectivity index (χ2n) is 2.65. The van der Waals surface area contributed by atoms with E-state index in [1.165, 1.54) is 0 Å². The average Bonchev–Trinajstić information content (AvgIpc) is 2.66. The third kappa shape index (κ3) is 3.70. The van der Waals surface area contributed by atoms with Crippen LogP contribution in [0.15, 0.2) is 23.1 Å². The van der Waals surface area contributed by atoms with E-state index >= 15 is 0 Å². The van der Waals surface area contributed by atoms with E-state index in [9.17, 15) is 0 Å². The van der Waals surface area contributed by atoms with E-state index in [1.807, 2.05) is 26.0 Å². The van der Waals surface area contributed by atoms with Crippen LogP contribution in [0.1, 0.15) is 25.4 Å². The van der Waals surface area contributed by atoms with Crippen molar-refractivity contribution in [2.24, 2.45) is 0 Å². The first-order chi connectivity index (χ1) is 6.74. The third-order valence-electron chi connectivity index (χ3n) is 1.52. The molecule has 0 aliphatic rings. The molecule has 72 valence electrons. The van der Waals surface area contributed by atoms with Crippen molar-refractivity contribution in [3.63, 3.8) is 0 Å². The lowest BCUT2D eigenvalue weighted by Crippen LogP contribution is -1.74. The Morgan fingerprint density at radius 3 is 2.57 bits per heavy atom. The fraction of sp³-hybridized carbons (Fsp3) is 0.231. The van der Waals surface area contributed by atoms with Gasteiger partial charge >= 0.3 is 0 Å². The van der Waals surface area contributed by atoms with E-state index in [4.69, 9.17) is 4.42 Å². The predicted octanol–water partition coefficient (Wildman–Crippen LogP) is 3.13. The summed E-state index contributed by atoms with van der Waals surface area (Å²) in [5, 5.41) is 0. The normalized spacial score (nSPS) is 7.71. The van der Waals surface area contributed by atoms with Crippen LogP contribution in [-0.4, -0.2) is 0 Å². The van der Waals surface area contributed by atoms with Crippen LogP contribution in [0.3, 0.4) is 0 Å². The molecule has 0 radical (unpaired) electrons. The summed E-state index contributed by atoms with van der Waals surface area (Å²) in [6, 6.07) is 3.86. The smallest absolute Gasteiger partial charge is 0.129 e. The Morgan fingerprint density at radius 2 is 2.14 bits per heavy atom. The van der Waals surface area contributed by atoms with Crippen LogP contribution in [-0.2, 0) is 6.42 Å². The molecule has 0 spiro atoms. The first-order valence-corrected chi connectivity index (χ1v) is 4.21. The maximum atomic E-state index is 5.45. The molecule has 1 nitrogen and oxygen atoms in total. The van der Waals surface area contributed by atoms with E-state index in [0.29, 0.717) is 6.42 Å². The maximum absolute atomic E-state index is 5.45. The van der Waals surface area contributed by atoms with E-state index < -0.39 is 0 Å². The van der Waals surface area contributed by atoms with Crippen molar-refractivity contribution in [3.05, 3.63) is 30.2 Å². The second-order valence-corrected chi connectivity index (χ2v) is 2.65. The molecule has 0 bridgehead atoms. The Kier molecular flexibility index (Phi) is 5.75. The van der Waals surface area contributed by atoms with Crippen molar-refractivity contribution in [1.29, 1.82) is 0 Å². The van der Waals surface area contributed by atoms with Crippen LogP contribution in [0.2, 0.25) is 0 Å². The summed E-state index contributed by atoms with van der Waals surface area (Å²) in [5.74, 6) is 7.52. The monoisotopic (exact) mass is 186 g/mol. The molecule has 0 amide bonds. The number of hydrogen-bond donors (Lipinski definition) is 0. The molecule has 1 heteroatoms. The van der Waals surface area contributed by atoms with Crippen LogP contribution in [0, 0.1) is 24.7 Å². The molecule has 0 saturated carbocycles. The minimum atomic E-state index is 0.684. The molecule has 1 rings (SSSR count). The Bertz CT molecular complexity index is 369. The van der Waals surface area contributed by atoms with Crippen LogP contribution in [0.4, 0.5) is 0 Å². The highest BCUT2D eigenvalue weighted by Gasteiger charge is 1.99. The van der Waals surface area contributed by atoms with Crippen LogP contribution < -0.4 is 0 Å². The average molecular weight is 186 g/mol. The highest BCUT2D eigenvalue weighted by Crippen LogP contribution is 2.15. The summed E-state index contributed by atoms with van der Waals surface area (Å²) >= 11 is 0. The van der Waals surface area contributed by atoms with Crippen molar-refractivity contribution in [1.82, 2.24) is 0 Å². The number of furan rings is 1. The summed E-state index contributed by atoms with van der Waals surface area (Å²) in [6.07, 6.45) is 8.68. The SMILES string of the molecule is C#C.C=C(C)c1ccc(CC#CC)o1. The molecule has 0 unspecified atom stereocenters. The van der Waals surface area contributed by atoms with Gasteiger partial charge in [0.05, 0.1) is 6.42 Å². The fourth-order valence-corrected chi connectivity index (χ4v) is 0.878. The topological polar surface area (TPSA) is 13.1 Å². The number of rotatable bonds is 2. The van der Waals surface area contributed by atoms with Crippen molar-refractivity contribution in [3.8, 4) is 24.7 Å². The molecule has 0 N–H and O–H groups in total. The van der Waals surface area contributed by atoms with Gasteiger partial charge in [0.2, 0.25) is 0 Å². The summed E-state index contributed by atoms with van der Waals surface area (Å²) in [6.45, 7) is 7.54. The van der Waals surface area contributed by atoms with Gasteiger partial charge in [-0.3, -0.25) is 0 Å². The van der Waals surface area contributed by atoms with Gasteiger partial charge in [-0.25, -0.2) is 0 Å². The summed E-state index contributed by atoms with van der Waals surface area (Å²) in [7, 11) is 0. The number of hydrogen-bond acceptors (Lipinski definition) is 1. The largest absolute Gasteiger partial charge is 0.460 e. The van der Waals surface area contributed by atoms with Crippen molar-refractivity contribution in [2.75, 3.05) is 0 Å². The zero-order valence-electron chi connectivity index (χ0n) is 8.63. The molecule has 0 saturated heterocycles. The summed E-state index contributed by atoms with van der Waals surface area (Å²) in [4.78, 5) is 0. The van der Waals surface area contributed by atoms with Crippen LogP contribution in [0.5, 0.6) is 0 Å². The lowest BCUT2D eigenvalue weighted by atomic mass is 10.3. The third-order valence-corrected chi connectivity index (χ3v) is 1.52. The first kappa shape index (κ1) is 12.1. The van der Waals surface area contributed by atoms with Gasteiger partial charge in [-0.15, -0.1) is 18.8 Å². The molecule has 0 atom stereocenters. The Morgan fingerprint density at radius 1 is 1.50 bits per heavy atom. The van der Waals surface area contributed by atoms with Gasteiger partial charge in [-0.05, 0) is 31.6 Å². The Balaban J connectivity index is 0.000000791. The van der Waals surface area contributed by atoms with E-state index in [-0.39, 0.29) is 0 Å². The van der Waals surface area contributed by atoms with Gasteiger partial charge < -0.3 is 4.42 Å². The van der Waals surface area contributed by atoms with Crippen LogP contribution in [0.25, 0.3) is 5.57 Å². The van der Waals surface area contributed by atoms with Gasteiger partial charge in [0, 0.05) is 0 Å². The summed E-state index contributed by atoms with van der Waals surface area (Å²) < 4.78 is 5.45. The standard InChI is InChI=1S/C11H12O.C2H2/c1-4-5-6-10-7-8-11(12-10)9(2)3;1-2/h7-8H,2,6H2,1,3H3;1-2H. The fourth-order valence-electron chi connectivity index (χ4n) is 0.878. The van der Waals surface area contributed by atoms with E-state index in [1.54, 1.807) is 0 Å². The second kappa shape index (κ2) is 6.63. The molecule has 1 aromatic heterocycles. The van der Waals surface area contributed by atoms with Crippen molar-refractivity contribution >= 4 is 5.57 Å². The van der Waals surface area contributed by atoms with Gasteiger partial charge in [0.1, 0.15) is 11.5 Å². The van der Waals surface area contributed by atoms with E-state index in [2.05, 4.69) is 31.3 Å². The zero-order chi connectivity index (χ0) is 11.0. The van der Waals surface area contributed by atoms with Crippen LogP contribution >= 0.6 is 0 Å². The van der Waals surface area contributed by atoms with Gasteiger partial charge in [-0.2, -0.15) is 0 Å². The van der Waals surface area contributed by atoms with E-state index in [0.717, 1.165) is 17.1 Å². The molecule has 0 aromatic carbocycles. The summed E-state index contributed by atoms with van der Waals surface area (Å²) in [5.41, 5.74) is 0.950. The highest BCUT2D eigenvalue weighted by atomic mass is 16.3. The number of terminal acetylenes is 1. The van der Waals surface area contributed by atoms with Gasteiger partial charge in [0.15, 0.2) is 0 Å². The molecule has 0 fully saturated rings. The number of allylic oxidation sites excluding steroid dienone is 1. The molecule has 0 aliphatic carbocycles. The van der Waals surface area contributed by atoms with Gasteiger partial charge in [-0.1, -0.05) is 12.5 Å². The molecular weight excluding hydrogens is 172 g/mol. The molecular formula is C13H14O. The molecule has 1 heterocycles. The Labute approximate surface area is 85.8 Å². The minimum Gasteiger partial charge on any atom is -0.460 e. The highest BCUT2D eigenvalue weighted by molar-refractivity contribution is 5.56. The maximum Gasteiger partial charge on any atom is 0.129 e. The molecule has 14 heavy (non-hydrogen) atoms. The first-order valence-electron chi connectivity index (χ1n) is 4.21. The predicted molar refractivity (Wildman–Crippen MR) is 60.5 cm³/mol. The minimum absolute atomic E-state index is 0.684. The quantitative estimate of drug-likeness (QED) is 0.647. The van der Waals surface area contributed by atoms with Gasteiger partial charge in [0.25, 0.3) is 0 Å². The van der Waals surface area contributed by atoms with Crippen molar-refractivity contribution < 1.29 is 4.42 Å². The lowest BCUT2D eigenvalue weighted by molar-refractivity contribution is 0.512. The Hall–Kier alpha value is -1.86. The van der Waals surface area contributed by atoms with Crippen molar-refractivity contribution in [2.45, 2.75) is 20.3 Å².